The number of nitrogens with zero attached hydrogens (tertiary/aromatic N) is 2. The van der Waals surface area contributed by atoms with Crippen molar-refractivity contribution in [2.45, 2.75) is 18.9 Å². The summed E-state index contributed by atoms with van der Waals surface area (Å²) in [6.07, 6.45) is 0.826. The highest BCUT2D eigenvalue weighted by atomic mass is 19.2. The number of likely N-dealkylation sites (tertiary alicyclic amines) is 1. The number of aliphatic hydroxyl groups is 1. The zero-order chi connectivity index (χ0) is 16.3. The van der Waals surface area contributed by atoms with Crippen molar-refractivity contribution in [1.82, 2.24) is 9.80 Å². The molecule has 6 heteroatoms. The largest absolute Gasteiger partial charge is 0.387 e. The van der Waals surface area contributed by atoms with E-state index in [4.69, 9.17) is 0 Å². The van der Waals surface area contributed by atoms with Crippen LogP contribution in [0.3, 0.4) is 0 Å². The van der Waals surface area contributed by atoms with Crippen molar-refractivity contribution >= 4 is 5.91 Å². The number of halogens is 2. The number of aliphatic hydroxyl groups excluding tert-OH is 1. The maximum atomic E-state index is 13.2. The van der Waals surface area contributed by atoms with E-state index in [-0.39, 0.29) is 11.8 Å². The highest BCUT2D eigenvalue weighted by molar-refractivity contribution is 5.78. The van der Waals surface area contributed by atoms with E-state index >= 15 is 0 Å². The van der Waals surface area contributed by atoms with E-state index < -0.39 is 17.7 Å². The van der Waals surface area contributed by atoms with Crippen molar-refractivity contribution in [1.29, 1.82) is 0 Å². The molecule has 2 atom stereocenters. The van der Waals surface area contributed by atoms with Crippen LogP contribution in [0.15, 0.2) is 18.2 Å². The maximum Gasteiger partial charge on any atom is 0.226 e. The van der Waals surface area contributed by atoms with Gasteiger partial charge in [0.05, 0.1) is 12.0 Å². The molecule has 2 unspecified atom stereocenters. The summed E-state index contributed by atoms with van der Waals surface area (Å²) < 4.78 is 26.2. The van der Waals surface area contributed by atoms with E-state index in [1.807, 2.05) is 4.90 Å². The van der Waals surface area contributed by atoms with Crippen LogP contribution >= 0.6 is 0 Å². The summed E-state index contributed by atoms with van der Waals surface area (Å²) in [7, 11) is 3.47. The summed E-state index contributed by atoms with van der Waals surface area (Å²) >= 11 is 0. The molecule has 2 rings (SSSR count). The van der Waals surface area contributed by atoms with Gasteiger partial charge in [-0.1, -0.05) is 6.07 Å². The molecule has 22 heavy (non-hydrogen) atoms. The minimum atomic E-state index is -0.962. The SMILES string of the molecule is CN(C)C(=O)C1CCCN(CC(O)c2ccc(F)c(F)c2)C1. The normalized spacial score (nSPS) is 20.7. The fourth-order valence-electron chi connectivity index (χ4n) is 2.86. The van der Waals surface area contributed by atoms with Gasteiger partial charge in [-0.15, -0.1) is 0 Å². The van der Waals surface area contributed by atoms with Crippen LogP contribution in [-0.4, -0.2) is 54.5 Å². The number of rotatable bonds is 4. The molecule has 0 saturated carbocycles. The fraction of sp³-hybridized carbons (Fsp3) is 0.562. The van der Waals surface area contributed by atoms with E-state index in [9.17, 15) is 18.7 Å². The third-order valence-electron chi connectivity index (χ3n) is 4.06. The molecule has 0 aliphatic carbocycles. The Bertz CT molecular complexity index is 537. The first-order chi connectivity index (χ1) is 10.4. The molecule has 0 aromatic heterocycles. The van der Waals surface area contributed by atoms with Crippen LogP contribution in [0.1, 0.15) is 24.5 Å². The molecule has 1 heterocycles. The molecule has 1 fully saturated rings. The average Bonchev–Trinajstić information content (AvgIpc) is 2.49. The van der Waals surface area contributed by atoms with Gasteiger partial charge in [0.15, 0.2) is 11.6 Å². The van der Waals surface area contributed by atoms with Gasteiger partial charge in [-0.2, -0.15) is 0 Å². The quantitative estimate of drug-likeness (QED) is 0.922. The Morgan fingerprint density at radius 3 is 2.77 bits per heavy atom. The molecule has 0 spiro atoms. The average molecular weight is 312 g/mol. The molecule has 1 saturated heterocycles. The van der Waals surface area contributed by atoms with E-state index in [0.717, 1.165) is 31.5 Å². The Morgan fingerprint density at radius 2 is 2.14 bits per heavy atom. The maximum absolute atomic E-state index is 13.2. The second-order valence-electron chi connectivity index (χ2n) is 6.02. The summed E-state index contributed by atoms with van der Waals surface area (Å²) in [6.45, 7) is 1.68. The van der Waals surface area contributed by atoms with E-state index in [1.54, 1.807) is 19.0 Å². The minimum absolute atomic E-state index is 0.0686. The molecule has 1 N–H and O–H groups in total. The van der Waals surface area contributed by atoms with Crippen LogP contribution in [0.25, 0.3) is 0 Å². The smallest absolute Gasteiger partial charge is 0.226 e. The topological polar surface area (TPSA) is 43.8 Å². The number of β-amino-alcohol motifs (C(OH)–C–C–N with tert-alkyl or cyclic N) is 1. The number of amides is 1. The second-order valence-corrected chi connectivity index (χ2v) is 6.02. The van der Waals surface area contributed by atoms with Crippen molar-refractivity contribution in [3.8, 4) is 0 Å². The molecule has 1 aromatic carbocycles. The summed E-state index contributed by atoms with van der Waals surface area (Å²) in [4.78, 5) is 15.6. The van der Waals surface area contributed by atoms with Gasteiger partial charge in [-0.3, -0.25) is 9.69 Å². The van der Waals surface area contributed by atoms with Gasteiger partial charge in [0.25, 0.3) is 0 Å². The fourth-order valence-corrected chi connectivity index (χ4v) is 2.86. The Labute approximate surface area is 129 Å². The van der Waals surface area contributed by atoms with Crippen LogP contribution in [0.5, 0.6) is 0 Å². The van der Waals surface area contributed by atoms with Crippen LogP contribution in [-0.2, 0) is 4.79 Å². The van der Waals surface area contributed by atoms with Gasteiger partial charge in [0.1, 0.15) is 0 Å². The monoisotopic (exact) mass is 312 g/mol. The van der Waals surface area contributed by atoms with Crippen LogP contribution in [0, 0.1) is 17.6 Å². The molecule has 0 bridgehead atoms. The van der Waals surface area contributed by atoms with Crippen LogP contribution < -0.4 is 0 Å². The Kier molecular flexibility index (Phi) is 5.47. The highest BCUT2D eigenvalue weighted by Gasteiger charge is 2.28. The zero-order valence-corrected chi connectivity index (χ0v) is 12.9. The lowest BCUT2D eigenvalue weighted by Gasteiger charge is -2.34. The molecule has 4 nitrogen and oxygen atoms in total. The van der Waals surface area contributed by atoms with Crippen molar-refractivity contribution in [3.63, 3.8) is 0 Å². The Balaban J connectivity index is 1.97. The lowest BCUT2D eigenvalue weighted by Crippen LogP contribution is -2.43. The van der Waals surface area contributed by atoms with E-state index in [1.165, 1.54) is 6.07 Å². The van der Waals surface area contributed by atoms with Gasteiger partial charge in [0.2, 0.25) is 5.91 Å². The molecule has 1 amide bonds. The lowest BCUT2D eigenvalue weighted by atomic mass is 9.96. The standard InChI is InChI=1S/C16H22F2N2O2/c1-19(2)16(22)12-4-3-7-20(9-12)10-15(21)11-5-6-13(17)14(18)8-11/h5-6,8,12,15,21H,3-4,7,9-10H2,1-2H3. The van der Waals surface area contributed by atoms with Crippen molar-refractivity contribution in [2.24, 2.45) is 5.92 Å². The first-order valence-electron chi connectivity index (χ1n) is 7.45. The first-order valence-corrected chi connectivity index (χ1v) is 7.45. The minimum Gasteiger partial charge on any atom is -0.387 e. The van der Waals surface area contributed by atoms with Gasteiger partial charge in [0, 0.05) is 27.2 Å². The van der Waals surface area contributed by atoms with E-state index in [2.05, 4.69) is 0 Å². The summed E-state index contributed by atoms with van der Waals surface area (Å²) in [5.41, 5.74) is 0.347. The predicted octanol–water partition coefficient (Wildman–Crippen LogP) is 1.80. The van der Waals surface area contributed by atoms with E-state index in [0.29, 0.717) is 18.7 Å². The van der Waals surface area contributed by atoms with Crippen LogP contribution in [0.2, 0.25) is 0 Å². The van der Waals surface area contributed by atoms with Gasteiger partial charge in [-0.25, -0.2) is 8.78 Å². The predicted molar refractivity (Wildman–Crippen MR) is 79.2 cm³/mol. The zero-order valence-electron chi connectivity index (χ0n) is 12.9. The highest BCUT2D eigenvalue weighted by Crippen LogP contribution is 2.22. The Hall–Kier alpha value is -1.53. The number of carbonyl (C=O) groups is 1. The number of hydrogen-bond donors (Lipinski definition) is 1. The van der Waals surface area contributed by atoms with Gasteiger partial charge >= 0.3 is 0 Å². The summed E-state index contributed by atoms with van der Waals surface area (Å²) in [5, 5.41) is 10.2. The molecular formula is C16H22F2N2O2. The van der Waals surface area contributed by atoms with Crippen molar-refractivity contribution in [2.75, 3.05) is 33.7 Å². The Morgan fingerprint density at radius 1 is 1.41 bits per heavy atom. The van der Waals surface area contributed by atoms with Crippen LogP contribution in [0.4, 0.5) is 8.78 Å². The summed E-state index contributed by atoms with van der Waals surface area (Å²) in [6, 6.07) is 3.42. The van der Waals surface area contributed by atoms with Crippen molar-refractivity contribution in [3.05, 3.63) is 35.4 Å². The molecule has 1 aliphatic rings. The third-order valence-corrected chi connectivity index (χ3v) is 4.06. The lowest BCUT2D eigenvalue weighted by molar-refractivity contribution is -0.134. The number of hydrogen-bond acceptors (Lipinski definition) is 3. The molecule has 0 radical (unpaired) electrons. The molecule has 122 valence electrons. The number of piperidine rings is 1. The number of carbonyl (C=O) groups excluding carboxylic acids is 1. The molecular weight excluding hydrogens is 290 g/mol. The summed E-state index contributed by atoms with van der Waals surface area (Å²) in [5.74, 6) is -1.87. The van der Waals surface area contributed by atoms with Gasteiger partial charge in [-0.05, 0) is 37.1 Å². The van der Waals surface area contributed by atoms with Gasteiger partial charge < -0.3 is 10.0 Å². The first kappa shape index (κ1) is 16.8. The second kappa shape index (κ2) is 7.15. The number of benzene rings is 1. The third kappa shape index (κ3) is 4.01. The van der Waals surface area contributed by atoms with Crippen molar-refractivity contribution < 1.29 is 18.7 Å². The molecule has 1 aromatic rings. The molecule has 1 aliphatic heterocycles.